The number of benzene rings is 4. The average Bonchev–Trinajstić information content (AvgIpc) is 3.55. The fourth-order valence-electron chi connectivity index (χ4n) is 5.81. The molecular formula is C32H27BN4O2. The van der Waals surface area contributed by atoms with Gasteiger partial charge < -0.3 is 9.31 Å². The summed E-state index contributed by atoms with van der Waals surface area (Å²) in [7, 11) is -0.426. The molecule has 0 saturated carbocycles. The van der Waals surface area contributed by atoms with E-state index in [1.54, 1.807) is 0 Å². The molecule has 0 N–H and O–H groups in total. The van der Waals surface area contributed by atoms with Gasteiger partial charge in [0, 0.05) is 16.2 Å². The Labute approximate surface area is 225 Å². The fourth-order valence-corrected chi connectivity index (χ4v) is 5.81. The highest BCUT2D eigenvalue weighted by molar-refractivity contribution is 6.62. The van der Waals surface area contributed by atoms with Gasteiger partial charge in [-0.05, 0) is 69.6 Å². The normalized spacial score (nSPS) is 16.9. The standard InChI is InChI=1S/C32H27BN4O2/c1-31(2)32(3,4)39-33(38-31)20-17-18-27-23(19-20)21-11-6-9-15-26(21)36(27)30-35-24-13-7-5-12-22(24)29-34-25-14-8-10-16-28(25)37(29)30/h5-19H,1-4H3. The lowest BCUT2D eigenvalue weighted by atomic mass is 9.78. The molecule has 3 aromatic heterocycles. The largest absolute Gasteiger partial charge is 0.494 e. The molecule has 0 radical (unpaired) electrons. The van der Waals surface area contributed by atoms with Crippen molar-refractivity contribution in [2.75, 3.05) is 0 Å². The fraction of sp³-hybridized carbons (Fsp3) is 0.188. The minimum absolute atomic E-state index is 0.399. The lowest BCUT2D eigenvalue weighted by Crippen LogP contribution is -2.41. The van der Waals surface area contributed by atoms with Gasteiger partial charge in [-0.15, -0.1) is 0 Å². The second-order valence-corrected chi connectivity index (χ2v) is 11.4. The average molecular weight is 510 g/mol. The summed E-state index contributed by atoms with van der Waals surface area (Å²) < 4.78 is 17.2. The van der Waals surface area contributed by atoms with Crippen molar-refractivity contribution >= 4 is 62.0 Å². The molecule has 7 heteroatoms. The second kappa shape index (κ2) is 7.68. The highest BCUT2D eigenvalue weighted by atomic mass is 16.7. The van der Waals surface area contributed by atoms with Crippen LogP contribution in [0.4, 0.5) is 0 Å². The molecule has 0 bridgehead atoms. The molecule has 0 atom stereocenters. The van der Waals surface area contributed by atoms with Crippen molar-refractivity contribution in [1.82, 2.24) is 18.9 Å². The third-order valence-electron chi connectivity index (χ3n) is 8.55. The first-order valence-corrected chi connectivity index (χ1v) is 13.4. The molecule has 0 spiro atoms. The van der Waals surface area contributed by atoms with Gasteiger partial charge in [-0.3, -0.25) is 8.97 Å². The monoisotopic (exact) mass is 510 g/mol. The first-order chi connectivity index (χ1) is 18.8. The zero-order valence-electron chi connectivity index (χ0n) is 22.3. The van der Waals surface area contributed by atoms with Crippen molar-refractivity contribution in [2.45, 2.75) is 38.9 Å². The van der Waals surface area contributed by atoms with Crippen LogP contribution < -0.4 is 5.46 Å². The van der Waals surface area contributed by atoms with Crippen molar-refractivity contribution in [3.8, 4) is 5.95 Å². The Morgan fingerprint density at radius 2 is 1.23 bits per heavy atom. The van der Waals surface area contributed by atoms with E-state index in [2.05, 4.69) is 109 Å². The van der Waals surface area contributed by atoms with Gasteiger partial charge in [-0.25, -0.2) is 9.97 Å². The molecule has 190 valence electrons. The van der Waals surface area contributed by atoms with E-state index in [9.17, 15) is 0 Å². The Bertz CT molecular complexity index is 2090. The molecule has 1 aliphatic rings. The summed E-state index contributed by atoms with van der Waals surface area (Å²) in [5.74, 6) is 0.812. The Balaban J connectivity index is 1.45. The van der Waals surface area contributed by atoms with Gasteiger partial charge in [-0.2, -0.15) is 0 Å². The van der Waals surface area contributed by atoms with Crippen molar-refractivity contribution < 1.29 is 9.31 Å². The van der Waals surface area contributed by atoms with Crippen molar-refractivity contribution in [1.29, 1.82) is 0 Å². The molecule has 39 heavy (non-hydrogen) atoms. The van der Waals surface area contributed by atoms with Crippen LogP contribution in [0.15, 0.2) is 91.0 Å². The zero-order valence-corrected chi connectivity index (χ0v) is 22.3. The molecule has 0 aliphatic carbocycles. The highest BCUT2D eigenvalue weighted by Gasteiger charge is 2.51. The molecule has 0 unspecified atom stereocenters. The maximum atomic E-state index is 6.39. The van der Waals surface area contributed by atoms with Crippen LogP contribution in [-0.2, 0) is 9.31 Å². The zero-order chi connectivity index (χ0) is 26.5. The molecule has 4 aromatic carbocycles. The molecule has 1 saturated heterocycles. The lowest BCUT2D eigenvalue weighted by Gasteiger charge is -2.32. The van der Waals surface area contributed by atoms with Crippen molar-refractivity contribution in [2.24, 2.45) is 0 Å². The topological polar surface area (TPSA) is 53.6 Å². The summed E-state index contributed by atoms with van der Waals surface area (Å²) in [5.41, 5.74) is 6.15. The molecule has 8 rings (SSSR count). The Morgan fingerprint density at radius 1 is 0.615 bits per heavy atom. The maximum absolute atomic E-state index is 6.39. The van der Waals surface area contributed by atoms with Crippen molar-refractivity contribution in [3.05, 3.63) is 91.0 Å². The summed E-state index contributed by atoms with van der Waals surface area (Å²) in [5, 5.41) is 3.31. The third-order valence-corrected chi connectivity index (χ3v) is 8.55. The molecule has 1 aliphatic heterocycles. The van der Waals surface area contributed by atoms with Crippen LogP contribution in [0.1, 0.15) is 27.7 Å². The van der Waals surface area contributed by atoms with E-state index in [0.29, 0.717) is 0 Å². The molecular weight excluding hydrogens is 483 g/mol. The summed E-state index contributed by atoms with van der Waals surface area (Å²) in [6.45, 7) is 8.35. The SMILES string of the molecule is CC1(C)OB(c2ccc3c(c2)c2ccccc2n3-c2nc3ccccc3c3nc4ccccc4n23)OC1(C)C. The number of rotatable bonds is 2. The van der Waals surface area contributed by atoms with Gasteiger partial charge in [0.05, 0.1) is 38.8 Å². The lowest BCUT2D eigenvalue weighted by molar-refractivity contribution is 0.00578. The Hall–Kier alpha value is -4.20. The number of hydrogen-bond donors (Lipinski definition) is 0. The van der Waals surface area contributed by atoms with E-state index in [1.807, 2.05) is 18.2 Å². The number of aromatic nitrogens is 4. The predicted molar refractivity (Wildman–Crippen MR) is 158 cm³/mol. The van der Waals surface area contributed by atoms with E-state index in [-0.39, 0.29) is 0 Å². The summed E-state index contributed by atoms with van der Waals surface area (Å²) in [4.78, 5) is 10.3. The molecule has 0 amide bonds. The molecule has 7 aromatic rings. The van der Waals surface area contributed by atoms with Gasteiger partial charge in [0.15, 0.2) is 0 Å². The number of hydrogen-bond acceptors (Lipinski definition) is 4. The summed E-state index contributed by atoms with van der Waals surface area (Å²) in [6, 6.07) is 31.5. The highest BCUT2D eigenvalue weighted by Crippen LogP contribution is 2.38. The van der Waals surface area contributed by atoms with E-state index in [4.69, 9.17) is 19.3 Å². The number of fused-ring (bicyclic) bond motifs is 8. The molecule has 4 heterocycles. The quantitative estimate of drug-likeness (QED) is 0.252. The van der Waals surface area contributed by atoms with Gasteiger partial charge in [0.25, 0.3) is 0 Å². The number of imidazole rings is 1. The Kier molecular flexibility index (Phi) is 4.48. The van der Waals surface area contributed by atoms with E-state index >= 15 is 0 Å². The second-order valence-electron chi connectivity index (χ2n) is 11.4. The minimum Gasteiger partial charge on any atom is -0.399 e. The maximum Gasteiger partial charge on any atom is 0.494 e. The molecule has 6 nitrogen and oxygen atoms in total. The predicted octanol–water partition coefficient (Wildman–Crippen LogP) is 6.43. The van der Waals surface area contributed by atoms with Crippen LogP contribution >= 0.6 is 0 Å². The summed E-state index contributed by atoms with van der Waals surface area (Å²) in [6.07, 6.45) is 0. The van der Waals surface area contributed by atoms with Crippen LogP contribution in [0.5, 0.6) is 0 Å². The van der Waals surface area contributed by atoms with Crippen LogP contribution in [0, 0.1) is 0 Å². The van der Waals surface area contributed by atoms with Crippen LogP contribution in [0.25, 0.3) is 55.3 Å². The smallest absolute Gasteiger partial charge is 0.399 e. The first-order valence-electron chi connectivity index (χ1n) is 13.4. The molecule has 1 fully saturated rings. The van der Waals surface area contributed by atoms with Gasteiger partial charge in [0.1, 0.15) is 5.65 Å². The van der Waals surface area contributed by atoms with Crippen LogP contribution in [0.2, 0.25) is 0 Å². The number of nitrogens with zero attached hydrogens (tertiary/aromatic N) is 4. The number of para-hydroxylation sites is 4. The Morgan fingerprint density at radius 3 is 2.00 bits per heavy atom. The third kappa shape index (κ3) is 3.11. The van der Waals surface area contributed by atoms with E-state index < -0.39 is 18.3 Å². The van der Waals surface area contributed by atoms with Crippen LogP contribution in [0.3, 0.4) is 0 Å². The minimum atomic E-state index is -0.426. The van der Waals surface area contributed by atoms with Gasteiger partial charge in [-0.1, -0.05) is 54.6 Å². The van der Waals surface area contributed by atoms with Gasteiger partial charge in [0.2, 0.25) is 5.95 Å². The summed E-state index contributed by atoms with van der Waals surface area (Å²) >= 11 is 0. The van der Waals surface area contributed by atoms with Crippen LogP contribution in [-0.4, -0.2) is 37.3 Å². The first kappa shape index (κ1) is 22.8. The van der Waals surface area contributed by atoms with Crippen molar-refractivity contribution in [3.63, 3.8) is 0 Å². The van der Waals surface area contributed by atoms with E-state index in [0.717, 1.165) is 60.8 Å². The van der Waals surface area contributed by atoms with Gasteiger partial charge >= 0.3 is 7.12 Å². The van der Waals surface area contributed by atoms with E-state index in [1.165, 1.54) is 0 Å².